The molecule has 0 saturated heterocycles. The van der Waals surface area contributed by atoms with E-state index in [0.29, 0.717) is 38.5 Å². The summed E-state index contributed by atoms with van der Waals surface area (Å²) >= 11 is 0. The number of furan rings is 1. The third kappa shape index (κ3) is 6.23. The average molecular weight is 444 g/mol. The second-order valence-corrected chi connectivity index (χ2v) is 7.57. The summed E-state index contributed by atoms with van der Waals surface area (Å²) < 4.78 is 44.5. The maximum absolute atomic E-state index is 12.9. The maximum atomic E-state index is 12.9. The van der Waals surface area contributed by atoms with Crippen molar-refractivity contribution in [2.24, 2.45) is 0 Å². The monoisotopic (exact) mass is 444 g/mol. The minimum atomic E-state index is -4.36. The van der Waals surface area contributed by atoms with Gasteiger partial charge in [-0.1, -0.05) is 42.5 Å². The molecule has 1 aromatic heterocycles. The van der Waals surface area contributed by atoms with E-state index in [0.717, 1.165) is 23.3 Å². The Morgan fingerprint density at radius 1 is 0.812 bits per heavy atom. The third-order valence-electron chi connectivity index (χ3n) is 5.24. The van der Waals surface area contributed by atoms with Gasteiger partial charge < -0.3 is 9.32 Å². The van der Waals surface area contributed by atoms with Crippen molar-refractivity contribution in [1.29, 1.82) is 0 Å². The molecule has 0 saturated carbocycles. The second-order valence-electron chi connectivity index (χ2n) is 7.57. The molecule has 3 aromatic rings. The van der Waals surface area contributed by atoms with E-state index in [2.05, 4.69) is 4.90 Å². The van der Waals surface area contributed by atoms with Gasteiger partial charge in [-0.3, -0.25) is 9.69 Å². The molecular formula is C25H27F3N2O2. The first-order valence-corrected chi connectivity index (χ1v) is 10.6. The van der Waals surface area contributed by atoms with E-state index in [9.17, 15) is 18.0 Å². The topological polar surface area (TPSA) is 36.7 Å². The molecule has 0 aliphatic heterocycles. The quantitative estimate of drug-likeness (QED) is 0.407. The zero-order valence-corrected chi connectivity index (χ0v) is 18.2. The predicted molar refractivity (Wildman–Crippen MR) is 117 cm³/mol. The van der Waals surface area contributed by atoms with Gasteiger partial charge >= 0.3 is 6.18 Å². The van der Waals surface area contributed by atoms with Gasteiger partial charge in [0.25, 0.3) is 5.91 Å². The first-order chi connectivity index (χ1) is 15.3. The Morgan fingerprint density at radius 2 is 1.41 bits per heavy atom. The number of carbonyl (C=O) groups is 1. The van der Waals surface area contributed by atoms with E-state index in [-0.39, 0.29) is 11.7 Å². The van der Waals surface area contributed by atoms with Gasteiger partial charge in [0, 0.05) is 26.2 Å². The summed E-state index contributed by atoms with van der Waals surface area (Å²) in [4.78, 5) is 16.3. The van der Waals surface area contributed by atoms with Crippen LogP contribution in [-0.4, -0.2) is 28.8 Å². The lowest BCUT2D eigenvalue weighted by Gasteiger charge is -2.22. The number of halogens is 3. The number of alkyl halides is 3. The SMILES string of the molecule is CCN(CC)C(=O)c1ccc(CN(Cc2ccccc2)Cc2ccc(C(F)(F)F)cc2)o1. The van der Waals surface area contributed by atoms with Crippen molar-refractivity contribution in [2.75, 3.05) is 13.1 Å². The van der Waals surface area contributed by atoms with Crippen molar-refractivity contribution >= 4 is 5.91 Å². The smallest absolute Gasteiger partial charge is 0.416 e. The Balaban J connectivity index is 1.77. The van der Waals surface area contributed by atoms with Crippen LogP contribution in [0, 0.1) is 0 Å². The first kappa shape index (κ1) is 23.6. The molecule has 0 spiro atoms. The largest absolute Gasteiger partial charge is 0.455 e. The number of hydrogen-bond acceptors (Lipinski definition) is 3. The summed E-state index contributed by atoms with van der Waals surface area (Å²) in [6.45, 7) is 6.46. The first-order valence-electron chi connectivity index (χ1n) is 10.6. The zero-order valence-electron chi connectivity index (χ0n) is 18.2. The molecule has 3 rings (SSSR count). The van der Waals surface area contributed by atoms with E-state index in [1.807, 2.05) is 44.2 Å². The molecule has 0 fully saturated rings. The van der Waals surface area contributed by atoms with Crippen LogP contribution in [0.15, 0.2) is 71.1 Å². The Labute approximate surface area is 186 Å². The molecule has 1 amide bonds. The standard InChI is InChI=1S/C25H27F3N2O2/c1-3-30(4-2)24(31)23-15-14-22(32-23)18-29(16-19-8-6-5-7-9-19)17-20-10-12-21(13-11-20)25(26,27)28/h5-15H,3-4,16-18H2,1-2H3. The Kier molecular flexibility index (Phi) is 7.75. The molecule has 7 heteroatoms. The van der Waals surface area contributed by atoms with E-state index in [1.165, 1.54) is 12.1 Å². The minimum Gasteiger partial charge on any atom is -0.455 e. The summed E-state index contributed by atoms with van der Waals surface area (Å²) in [7, 11) is 0. The van der Waals surface area contributed by atoms with Crippen LogP contribution in [0.2, 0.25) is 0 Å². The van der Waals surface area contributed by atoms with Crippen molar-refractivity contribution in [2.45, 2.75) is 39.7 Å². The van der Waals surface area contributed by atoms with Crippen molar-refractivity contribution in [1.82, 2.24) is 9.80 Å². The van der Waals surface area contributed by atoms with Gasteiger partial charge in [-0.2, -0.15) is 13.2 Å². The third-order valence-corrected chi connectivity index (χ3v) is 5.24. The fourth-order valence-electron chi connectivity index (χ4n) is 3.53. The number of carbonyl (C=O) groups excluding carboxylic acids is 1. The molecule has 4 nitrogen and oxygen atoms in total. The van der Waals surface area contributed by atoms with Crippen LogP contribution >= 0.6 is 0 Å². The molecule has 0 N–H and O–H groups in total. The van der Waals surface area contributed by atoms with Gasteiger partial charge in [0.05, 0.1) is 12.1 Å². The molecule has 32 heavy (non-hydrogen) atoms. The number of benzene rings is 2. The molecule has 0 unspecified atom stereocenters. The van der Waals surface area contributed by atoms with Crippen LogP contribution in [0.3, 0.4) is 0 Å². The summed E-state index contributed by atoms with van der Waals surface area (Å²) in [6.07, 6.45) is -4.36. The molecular weight excluding hydrogens is 417 g/mol. The van der Waals surface area contributed by atoms with Gasteiger partial charge in [-0.15, -0.1) is 0 Å². The Morgan fingerprint density at radius 3 is 1.97 bits per heavy atom. The van der Waals surface area contributed by atoms with Crippen LogP contribution in [0.1, 0.15) is 46.9 Å². The minimum absolute atomic E-state index is 0.154. The molecule has 0 radical (unpaired) electrons. The highest BCUT2D eigenvalue weighted by molar-refractivity contribution is 5.91. The zero-order chi connectivity index (χ0) is 23.1. The summed E-state index contributed by atoms with van der Waals surface area (Å²) in [5.41, 5.74) is 1.17. The summed E-state index contributed by atoms with van der Waals surface area (Å²) in [6, 6.07) is 18.5. The highest BCUT2D eigenvalue weighted by atomic mass is 19.4. The lowest BCUT2D eigenvalue weighted by molar-refractivity contribution is -0.137. The highest BCUT2D eigenvalue weighted by Crippen LogP contribution is 2.29. The maximum Gasteiger partial charge on any atom is 0.416 e. The molecule has 0 atom stereocenters. The van der Waals surface area contributed by atoms with Gasteiger partial charge in [-0.05, 0) is 49.2 Å². The molecule has 0 bridgehead atoms. The van der Waals surface area contributed by atoms with E-state index in [1.54, 1.807) is 17.0 Å². The number of nitrogens with zero attached hydrogens (tertiary/aromatic N) is 2. The van der Waals surface area contributed by atoms with Crippen LogP contribution in [0.25, 0.3) is 0 Å². The van der Waals surface area contributed by atoms with Gasteiger partial charge in [0.15, 0.2) is 5.76 Å². The number of amides is 1. The van der Waals surface area contributed by atoms with E-state index >= 15 is 0 Å². The molecule has 0 aliphatic carbocycles. The van der Waals surface area contributed by atoms with Gasteiger partial charge in [-0.25, -0.2) is 0 Å². The van der Waals surface area contributed by atoms with Crippen molar-refractivity contribution in [3.63, 3.8) is 0 Å². The van der Waals surface area contributed by atoms with Gasteiger partial charge in [0.2, 0.25) is 0 Å². The van der Waals surface area contributed by atoms with Gasteiger partial charge in [0.1, 0.15) is 5.76 Å². The molecule has 2 aromatic carbocycles. The van der Waals surface area contributed by atoms with E-state index in [4.69, 9.17) is 4.42 Å². The van der Waals surface area contributed by atoms with Crippen LogP contribution < -0.4 is 0 Å². The highest BCUT2D eigenvalue weighted by Gasteiger charge is 2.30. The fourth-order valence-corrected chi connectivity index (χ4v) is 3.53. The normalized spacial score (nSPS) is 11.7. The van der Waals surface area contributed by atoms with Crippen LogP contribution in [-0.2, 0) is 25.8 Å². The predicted octanol–water partition coefficient (Wildman–Crippen LogP) is 5.98. The van der Waals surface area contributed by atoms with Crippen molar-refractivity contribution in [3.05, 3.63) is 94.9 Å². The summed E-state index contributed by atoms with van der Waals surface area (Å²) in [5.74, 6) is 0.764. The van der Waals surface area contributed by atoms with E-state index < -0.39 is 11.7 Å². The fraction of sp³-hybridized carbons (Fsp3) is 0.320. The average Bonchev–Trinajstić information content (AvgIpc) is 3.23. The van der Waals surface area contributed by atoms with Crippen molar-refractivity contribution < 1.29 is 22.4 Å². The lowest BCUT2D eigenvalue weighted by Crippen LogP contribution is -2.30. The number of rotatable bonds is 9. The second kappa shape index (κ2) is 10.5. The molecule has 1 heterocycles. The van der Waals surface area contributed by atoms with Crippen molar-refractivity contribution in [3.8, 4) is 0 Å². The Bertz CT molecular complexity index is 994. The van der Waals surface area contributed by atoms with Crippen LogP contribution in [0.4, 0.5) is 13.2 Å². The Hall–Kier alpha value is -3.06. The molecule has 170 valence electrons. The van der Waals surface area contributed by atoms with Crippen LogP contribution in [0.5, 0.6) is 0 Å². The molecule has 0 aliphatic rings. The number of hydrogen-bond donors (Lipinski definition) is 0. The summed E-state index contributed by atoms with van der Waals surface area (Å²) in [5, 5.41) is 0. The lowest BCUT2D eigenvalue weighted by atomic mass is 10.1.